The minimum atomic E-state index is -0.489. The molecule has 2 aromatic heterocycles. The molecule has 0 fully saturated rings. The number of hydrogen-bond acceptors (Lipinski definition) is 5. The van der Waals surface area contributed by atoms with E-state index in [2.05, 4.69) is 139 Å². The van der Waals surface area contributed by atoms with Crippen LogP contribution in [0.3, 0.4) is 0 Å². The summed E-state index contributed by atoms with van der Waals surface area (Å²) in [6.07, 6.45) is -0.489. The van der Waals surface area contributed by atoms with Gasteiger partial charge in [0.25, 0.3) is 0 Å². The van der Waals surface area contributed by atoms with E-state index in [1.807, 2.05) is 41.7 Å². The van der Waals surface area contributed by atoms with E-state index in [1.165, 1.54) is 47.3 Å². The molecule has 244 valence electrons. The molecule has 10 aromatic rings. The van der Waals surface area contributed by atoms with Gasteiger partial charge in [-0.1, -0.05) is 121 Å². The number of furan rings is 1. The maximum Gasteiger partial charge on any atom is 0.170 e. The van der Waals surface area contributed by atoms with E-state index in [9.17, 15) is 0 Å². The summed E-state index contributed by atoms with van der Waals surface area (Å²) in [5.74, 6) is 1.57. The van der Waals surface area contributed by atoms with Crippen LogP contribution in [0.1, 0.15) is 22.9 Å². The number of nitrogens with zero attached hydrogens (tertiary/aromatic N) is 2. The van der Waals surface area contributed by atoms with Gasteiger partial charge in [-0.2, -0.15) is 0 Å². The number of hydrogen-bond donors (Lipinski definition) is 1. The molecule has 0 spiro atoms. The predicted octanol–water partition coefficient (Wildman–Crippen LogP) is 12.4. The molecule has 0 bridgehead atoms. The van der Waals surface area contributed by atoms with E-state index in [4.69, 9.17) is 14.4 Å². The van der Waals surface area contributed by atoms with Gasteiger partial charge in [-0.05, 0) is 75.1 Å². The Labute approximate surface area is 303 Å². The van der Waals surface area contributed by atoms with Crippen molar-refractivity contribution in [3.8, 4) is 11.1 Å². The second-order valence-electron chi connectivity index (χ2n) is 13.4. The molecular weight excluding hydrogens is 655 g/mol. The number of aliphatic imine (C=N–C) groups is 2. The number of fused-ring (bicyclic) bond motifs is 9. The Morgan fingerprint density at radius 3 is 1.98 bits per heavy atom. The first-order valence-electron chi connectivity index (χ1n) is 17.5. The largest absolute Gasteiger partial charge is 0.456 e. The summed E-state index contributed by atoms with van der Waals surface area (Å²) in [6.45, 7) is 0. The van der Waals surface area contributed by atoms with Crippen LogP contribution in [0.2, 0.25) is 0 Å². The fraction of sp³-hybridized carbons (Fsp3) is 0.0213. The van der Waals surface area contributed by atoms with Crippen molar-refractivity contribution < 1.29 is 4.42 Å². The van der Waals surface area contributed by atoms with Crippen LogP contribution in [-0.4, -0.2) is 11.7 Å². The van der Waals surface area contributed by atoms with Crippen LogP contribution in [0, 0.1) is 0 Å². The van der Waals surface area contributed by atoms with Crippen molar-refractivity contribution in [2.24, 2.45) is 9.98 Å². The highest BCUT2D eigenvalue weighted by Gasteiger charge is 2.24. The molecule has 1 aliphatic heterocycles. The molecule has 0 saturated carbocycles. The zero-order valence-corrected chi connectivity index (χ0v) is 28.7. The Kier molecular flexibility index (Phi) is 6.45. The Morgan fingerprint density at radius 1 is 0.442 bits per heavy atom. The van der Waals surface area contributed by atoms with E-state index in [1.54, 1.807) is 0 Å². The first-order chi connectivity index (χ1) is 25.7. The minimum Gasteiger partial charge on any atom is -0.456 e. The zero-order valence-electron chi connectivity index (χ0n) is 27.9. The quantitative estimate of drug-likeness (QED) is 0.188. The van der Waals surface area contributed by atoms with Gasteiger partial charge in [0.15, 0.2) is 6.17 Å². The summed E-state index contributed by atoms with van der Waals surface area (Å²) in [4.78, 5) is 10.6. The van der Waals surface area contributed by atoms with Gasteiger partial charge in [0.1, 0.15) is 22.8 Å². The normalized spacial score (nSPS) is 14.7. The lowest BCUT2D eigenvalue weighted by molar-refractivity contribution is 0.667. The van der Waals surface area contributed by atoms with Gasteiger partial charge in [-0.3, -0.25) is 0 Å². The van der Waals surface area contributed by atoms with Crippen LogP contribution < -0.4 is 5.32 Å². The molecule has 0 saturated heterocycles. The lowest BCUT2D eigenvalue weighted by atomic mass is 9.98. The molecule has 3 heterocycles. The topological polar surface area (TPSA) is 49.9 Å². The summed E-state index contributed by atoms with van der Waals surface area (Å²) < 4.78 is 9.10. The smallest absolute Gasteiger partial charge is 0.170 e. The molecule has 8 aromatic carbocycles. The van der Waals surface area contributed by atoms with Crippen molar-refractivity contribution in [3.63, 3.8) is 0 Å². The van der Waals surface area contributed by atoms with Crippen LogP contribution in [-0.2, 0) is 0 Å². The average Bonchev–Trinajstić information content (AvgIpc) is 3.78. The molecule has 11 rings (SSSR count). The summed E-state index contributed by atoms with van der Waals surface area (Å²) in [5, 5.41) is 13.1. The number of thiophene rings is 1. The molecule has 1 aliphatic rings. The maximum atomic E-state index is 6.49. The van der Waals surface area contributed by atoms with Crippen molar-refractivity contribution >= 4 is 86.7 Å². The monoisotopic (exact) mass is 683 g/mol. The number of amidine groups is 2. The van der Waals surface area contributed by atoms with Crippen molar-refractivity contribution in [3.05, 3.63) is 180 Å². The fourth-order valence-corrected chi connectivity index (χ4v) is 8.87. The van der Waals surface area contributed by atoms with E-state index < -0.39 is 6.17 Å². The predicted molar refractivity (Wildman–Crippen MR) is 219 cm³/mol. The molecular formula is C47H29N3OS. The van der Waals surface area contributed by atoms with Gasteiger partial charge >= 0.3 is 0 Å². The van der Waals surface area contributed by atoms with Crippen LogP contribution in [0.25, 0.3) is 74.8 Å². The minimum absolute atomic E-state index is 0.489. The van der Waals surface area contributed by atoms with Gasteiger partial charge in [-0.15, -0.1) is 11.3 Å². The van der Waals surface area contributed by atoms with E-state index in [-0.39, 0.29) is 0 Å². The van der Waals surface area contributed by atoms with Crippen LogP contribution in [0.4, 0.5) is 0 Å². The Morgan fingerprint density at radius 2 is 1.10 bits per heavy atom. The first-order valence-corrected chi connectivity index (χ1v) is 18.3. The van der Waals surface area contributed by atoms with E-state index in [0.717, 1.165) is 55.9 Å². The highest BCUT2D eigenvalue weighted by molar-refractivity contribution is 7.25. The number of nitrogens with one attached hydrogen (secondary N) is 1. The Bertz CT molecular complexity index is 3120. The van der Waals surface area contributed by atoms with Crippen LogP contribution >= 0.6 is 11.3 Å². The number of rotatable bonds is 4. The van der Waals surface area contributed by atoms with Crippen molar-refractivity contribution in [1.82, 2.24) is 5.32 Å². The van der Waals surface area contributed by atoms with Crippen molar-refractivity contribution in [1.29, 1.82) is 0 Å². The summed E-state index contributed by atoms with van der Waals surface area (Å²) in [7, 11) is 0. The van der Waals surface area contributed by atoms with Gasteiger partial charge in [0, 0.05) is 47.6 Å². The van der Waals surface area contributed by atoms with Crippen LogP contribution in [0.15, 0.2) is 178 Å². The van der Waals surface area contributed by atoms with E-state index >= 15 is 0 Å². The van der Waals surface area contributed by atoms with Gasteiger partial charge < -0.3 is 9.73 Å². The molecule has 1 atom stereocenters. The lowest BCUT2D eigenvalue weighted by Gasteiger charge is -2.23. The second kappa shape index (κ2) is 11.5. The molecule has 1 N–H and O–H groups in total. The third kappa shape index (κ3) is 4.67. The molecule has 52 heavy (non-hydrogen) atoms. The van der Waals surface area contributed by atoms with Crippen LogP contribution in [0.5, 0.6) is 0 Å². The SMILES string of the molecule is c1ccc(C2=NC(c3cccc4oc5ccc(-c6ccc7sc8ccccc8c7c6)cc5c34)N=C(c3ccc4ccc5ccccc5c4c3)N2)cc1. The van der Waals surface area contributed by atoms with E-state index in [0.29, 0.717) is 0 Å². The third-order valence-electron chi connectivity index (χ3n) is 10.3. The van der Waals surface area contributed by atoms with Gasteiger partial charge in [0.05, 0.1) is 0 Å². The van der Waals surface area contributed by atoms with Crippen molar-refractivity contribution in [2.75, 3.05) is 0 Å². The fourth-order valence-electron chi connectivity index (χ4n) is 7.78. The summed E-state index contributed by atoms with van der Waals surface area (Å²) in [5.41, 5.74) is 7.03. The molecule has 0 radical (unpaired) electrons. The number of benzene rings is 8. The average molecular weight is 684 g/mol. The second-order valence-corrected chi connectivity index (χ2v) is 14.5. The zero-order chi connectivity index (χ0) is 34.2. The first kappa shape index (κ1) is 29.2. The highest BCUT2D eigenvalue weighted by atomic mass is 32.1. The molecule has 1 unspecified atom stereocenters. The molecule has 0 aliphatic carbocycles. The van der Waals surface area contributed by atoms with Gasteiger partial charge in [0.2, 0.25) is 0 Å². The summed E-state index contributed by atoms with van der Waals surface area (Å²) in [6, 6.07) is 58.0. The standard InChI is InChI=1S/C47H29N3OS/c1-2-10-30(11-3-1)45-48-46(33-20-19-29-18-17-28-9-4-5-12-34(28)37(29)27-33)50-47(49-45)36-14-8-15-41-44(36)39-26-31(21-23-40(39)51-41)32-22-24-43-38(25-32)35-13-6-7-16-42(35)52-43/h1-27,47H,(H,48,49,50). The molecule has 4 nitrogen and oxygen atoms in total. The Balaban J connectivity index is 1.08. The van der Waals surface area contributed by atoms with Gasteiger partial charge in [-0.25, -0.2) is 9.98 Å². The summed E-state index contributed by atoms with van der Waals surface area (Å²) >= 11 is 1.84. The molecule has 0 amide bonds. The molecule has 5 heteroatoms. The van der Waals surface area contributed by atoms with Crippen molar-refractivity contribution in [2.45, 2.75) is 6.17 Å². The third-order valence-corrected chi connectivity index (χ3v) is 11.5. The highest BCUT2D eigenvalue weighted by Crippen LogP contribution is 2.41. The maximum absolute atomic E-state index is 6.49. The Hall–Kier alpha value is -6.56. The lowest BCUT2D eigenvalue weighted by Crippen LogP contribution is -2.36.